The maximum absolute atomic E-state index is 14.1. The fourth-order valence-electron chi connectivity index (χ4n) is 6.05. The average molecular weight is 439 g/mol. The van der Waals surface area contributed by atoms with E-state index in [1.165, 1.54) is 95.6 Å². The molecule has 0 spiro atoms. The van der Waals surface area contributed by atoms with Gasteiger partial charge in [0.1, 0.15) is 0 Å². The number of alkyl halides is 2. The molecule has 1 aromatic rings. The minimum absolute atomic E-state index is 0.343. The van der Waals surface area contributed by atoms with Crippen molar-refractivity contribution in [2.75, 3.05) is 0 Å². The maximum atomic E-state index is 14.1. The van der Waals surface area contributed by atoms with Crippen LogP contribution in [0.4, 0.5) is 13.2 Å². The molecular weight excluding hydrogens is 397 g/mol. The Labute approximate surface area is 187 Å². The van der Waals surface area contributed by atoms with Gasteiger partial charge >= 0.3 is 6.61 Å². The first kappa shape index (κ1) is 24.5. The van der Waals surface area contributed by atoms with Crippen molar-refractivity contribution in [3.05, 3.63) is 29.6 Å². The zero-order chi connectivity index (χ0) is 22.1. The van der Waals surface area contributed by atoms with Crippen molar-refractivity contribution < 1.29 is 17.9 Å². The van der Waals surface area contributed by atoms with Gasteiger partial charge in [0.15, 0.2) is 11.6 Å². The van der Waals surface area contributed by atoms with Crippen molar-refractivity contribution in [2.24, 2.45) is 17.8 Å². The van der Waals surface area contributed by atoms with Crippen LogP contribution in [-0.2, 0) is 0 Å². The van der Waals surface area contributed by atoms with Crippen LogP contribution >= 0.6 is 0 Å². The molecule has 2 aliphatic carbocycles. The molecule has 0 atom stereocenters. The lowest BCUT2D eigenvalue weighted by atomic mass is 9.68. The van der Waals surface area contributed by atoms with Crippen molar-refractivity contribution in [1.29, 1.82) is 0 Å². The third kappa shape index (κ3) is 7.71. The van der Waals surface area contributed by atoms with Crippen LogP contribution in [0.15, 0.2) is 18.2 Å². The van der Waals surface area contributed by atoms with Gasteiger partial charge in [-0.15, -0.1) is 0 Å². The summed E-state index contributed by atoms with van der Waals surface area (Å²) in [7, 11) is 0. The highest BCUT2D eigenvalue weighted by molar-refractivity contribution is 5.31. The highest BCUT2D eigenvalue weighted by Crippen LogP contribution is 2.45. The summed E-state index contributed by atoms with van der Waals surface area (Å²) in [6.45, 7) is -0.715. The Morgan fingerprint density at radius 1 is 0.839 bits per heavy atom. The van der Waals surface area contributed by atoms with E-state index in [-0.39, 0.29) is 5.75 Å². The van der Waals surface area contributed by atoms with Crippen LogP contribution in [0.1, 0.15) is 115 Å². The number of hydrogen-bond donors (Lipinski definition) is 0. The minimum atomic E-state index is -2.99. The summed E-state index contributed by atoms with van der Waals surface area (Å²) >= 11 is 0. The van der Waals surface area contributed by atoms with Crippen molar-refractivity contribution >= 4 is 0 Å². The van der Waals surface area contributed by atoms with Gasteiger partial charge < -0.3 is 4.74 Å². The Hall–Kier alpha value is -1.19. The summed E-state index contributed by atoms with van der Waals surface area (Å²) in [5.74, 6) is 1.96. The van der Waals surface area contributed by atoms with Crippen molar-refractivity contribution in [3.63, 3.8) is 0 Å². The quantitative estimate of drug-likeness (QED) is 0.313. The third-order valence-electron chi connectivity index (χ3n) is 7.94. The molecule has 3 rings (SSSR count). The number of hydrogen-bond acceptors (Lipinski definition) is 1. The van der Waals surface area contributed by atoms with Crippen molar-refractivity contribution in [2.45, 2.75) is 116 Å². The summed E-state index contributed by atoms with van der Waals surface area (Å²) in [5, 5.41) is 0. The molecule has 176 valence electrons. The van der Waals surface area contributed by atoms with Gasteiger partial charge in [-0.25, -0.2) is 4.39 Å². The molecule has 0 unspecified atom stereocenters. The second-order valence-electron chi connectivity index (χ2n) is 10.0. The Bertz CT molecular complexity index is 631. The molecule has 0 aliphatic heterocycles. The van der Waals surface area contributed by atoms with Crippen LogP contribution in [-0.4, -0.2) is 6.61 Å². The summed E-state index contributed by atoms with van der Waals surface area (Å²) < 4.78 is 43.0. The molecule has 0 N–H and O–H groups in total. The van der Waals surface area contributed by atoms with Gasteiger partial charge in [-0.3, -0.25) is 0 Å². The fourth-order valence-corrected chi connectivity index (χ4v) is 6.05. The molecule has 2 saturated carbocycles. The summed E-state index contributed by atoms with van der Waals surface area (Å²) in [5.41, 5.74) is 0.931. The Balaban J connectivity index is 1.35. The molecule has 0 bridgehead atoms. The predicted octanol–water partition coefficient (Wildman–Crippen LogP) is 9.26. The summed E-state index contributed by atoms with van der Waals surface area (Å²) in [6, 6.07) is 4.52. The lowest BCUT2D eigenvalue weighted by Crippen LogP contribution is -2.25. The fraction of sp³-hybridized carbons (Fsp3) is 0.778. The second-order valence-corrected chi connectivity index (χ2v) is 10.0. The van der Waals surface area contributed by atoms with Crippen LogP contribution < -0.4 is 4.74 Å². The Kier molecular flexibility index (Phi) is 10.1. The smallest absolute Gasteiger partial charge is 0.387 e. The lowest BCUT2D eigenvalue weighted by Gasteiger charge is -2.38. The predicted molar refractivity (Wildman–Crippen MR) is 121 cm³/mol. The highest BCUT2D eigenvalue weighted by Gasteiger charge is 2.31. The van der Waals surface area contributed by atoms with Crippen LogP contribution in [0.25, 0.3) is 0 Å². The van der Waals surface area contributed by atoms with Gasteiger partial charge in [0.25, 0.3) is 0 Å². The van der Waals surface area contributed by atoms with Gasteiger partial charge in [0, 0.05) is 0 Å². The Morgan fingerprint density at radius 3 is 2.06 bits per heavy atom. The van der Waals surface area contributed by atoms with E-state index in [1.54, 1.807) is 6.07 Å². The van der Waals surface area contributed by atoms with Gasteiger partial charge in [-0.1, -0.05) is 70.8 Å². The average Bonchev–Trinajstić information content (AvgIpc) is 2.78. The lowest BCUT2D eigenvalue weighted by molar-refractivity contribution is -0.0522. The molecule has 0 aromatic heterocycles. The van der Waals surface area contributed by atoms with E-state index in [9.17, 15) is 13.2 Å². The molecule has 1 nitrogen and oxygen atoms in total. The van der Waals surface area contributed by atoms with Gasteiger partial charge in [0.05, 0.1) is 0 Å². The van der Waals surface area contributed by atoms with E-state index in [4.69, 9.17) is 0 Å². The van der Waals surface area contributed by atoms with Gasteiger partial charge in [-0.2, -0.15) is 8.78 Å². The summed E-state index contributed by atoms with van der Waals surface area (Å²) in [6.07, 6.45) is 20.0. The molecule has 0 amide bonds. The number of rotatable bonds is 11. The molecular formula is C27H41F3O. The van der Waals surface area contributed by atoms with E-state index >= 15 is 0 Å². The molecule has 0 radical (unpaired) electrons. The third-order valence-corrected chi connectivity index (χ3v) is 7.94. The van der Waals surface area contributed by atoms with Gasteiger partial charge in [-0.05, 0) is 79.9 Å². The number of ether oxygens (including phenoxy) is 1. The zero-order valence-corrected chi connectivity index (χ0v) is 19.3. The first-order valence-electron chi connectivity index (χ1n) is 12.8. The maximum Gasteiger partial charge on any atom is 0.387 e. The topological polar surface area (TPSA) is 9.23 Å². The monoisotopic (exact) mass is 438 g/mol. The normalized spacial score (nSPS) is 26.9. The first-order chi connectivity index (χ1) is 15.1. The minimum Gasteiger partial charge on any atom is -0.432 e. The standard InChI is InChI=1S/C27H41F3O/c1-2-3-4-5-6-7-8-20-9-11-21(12-10-20)22-13-15-23(16-14-22)24-17-18-26(25(28)19-24)31-27(29)30/h17-23,27H,2-16H2,1H3. The number of halogens is 3. The summed E-state index contributed by atoms with van der Waals surface area (Å²) in [4.78, 5) is 0. The highest BCUT2D eigenvalue weighted by atomic mass is 19.3. The van der Waals surface area contributed by atoms with E-state index in [0.717, 1.165) is 36.2 Å². The van der Waals surface area contributed by atoms with Crippen molar-refractivity contribution in [3.8, 4) is 5.75 Å². The molecule has 2 aliphatic rings. The first-order valence-corrected chi connectivity index (χ1v) is 12.8. The molecule has 0 saturated heterocycles. The molecule has 4 heteroatoms. The number of unbranched alkanes of at least 4 members (excludes halogenated alkanes) is 5. The molecule has 2 fully saturated rings. The van der Waals surface area contributed by atoms with E-state index < -0.39 is 12.4 Å². The van der Waals surface area contributed by atoms with Crippen LogP contribution in [0.3, 0.4) is 0 Å². The van der Waals surface area contributed by atoms with Crippen LogP contribution in [0, 0.1) is 23.6 Å². The Morgan fingerprint density at radius 2 is 1.45 bits per heavy atom. The zero-order valence-electron chi connectivity index (χ0n) is 19.3. The molecule has 0 heterocycles. The largest absolute Gasteiger partial charge is 0.432 e. The molecule has 1 aromatic carbocycles. The molecule has 31 heavy (non-hydrogen) atoms. The second kappa shape index (κ2) is 12.7. The van der Waals surface area contributed by atoms with E-state index in [2.05, 4.69) is 11.7 Å². The van der Waals surface area contributed by atoms with Crippen molar-refractivity contribution in [1.82, 2.24) is 0 Å². The van der Waals surface area contributed by atoms with Gasteiger partial charge in [0.2, 0.25) is 0 Å². The SMILES string of the molecule is CCCCCCCCC1CCC(C2CCC(c3ccc(OC(F)F)c(F)c3)CC2)CC1. The van der Waals surface area contributed by atoms with Crippen LogP contribution in [0.5, 0.6) is 5.75 Å². The van der Waals surface area contributed by atoms with E-state index in [1.807, 2.05) is 0 Å². The van der Waals surface area contributed by atoms with E-state index in [0.29, 0.717) is 5.92 Å². The van der Waals surface area contributed by atoms with Crippen LogP contribution in [0.2, 0.25) is 0 Å². The number of benzene rings is 1.